The fourth-order valence-electron chi connectivity index (χ4n) is 1.43. The number of hydrogen-bond donors (Lipinski definition) is 0. The Morgan fingerprint density at radius 1 is 1.35 bits per heavy atom. The van der Waals surface area contributed by atoms with E-state index < -0.39 is 0 Å². The number of hydrogen-bond acceptors (Lipinski definition) is 3. The van der Waals surface area contributed by atoms with E-state index in [0.29, 0.717) is 6.61 Å². The number of esters is 1. The van der Waals surface area contributed by atoms with Crippen LogP contribution < -0.4 is 0 Å². The van der Waals surface area contributed by atoms with E-state index in [2.05, 4.69) is 28.9 Å². The second-order valence-corrected chi connectivity index (χ2v) is 3.78. The first-order valence-electron chi connectivity index (χ1n) is 5.58. The fourth-order valence-corrected chi connectivity index (χ4v) is 1.43. The predicted octanol–water partition coefficient (Wildman–Crippen LogP) is 2.52. The van der Waals surface area contributed by atoms with Crippen molar-refractivity contribution in [1.29, 1.82) is 0 Å². The molecule has 0 radical (unpaired) electrons. The second kappa shape index (κ2) is 6.03. The number of fused-ring (bicyclic) bond motifs is 1. The zero-order valence-corrected chi connectivity index (χ0v) is 10.7. The molecule has 0 aliphatic rings. The SMILES string of the molecule is CCOC(C)=O.Cc1ccc2nc(C)cn2c1. The molecule has 4 nitrogen and oxygen atoms in total. The highest BCUT2D eigenvalue weighted by atomic mass is 16.5. The maximum Gasteiger partial charge on any atom is 0.302 e. The predicted molar refractivity (Wildman–Crippen MR) is 67.0 cm³/mol. The van der Waals surface area contributed by atoms with Gasteiger partial charge in [0, 0.05) is 19.3 Å². The molecule has 0 fully saturated rings. The third-order valence-electron chi connectivity index (χ3n) is 2.07. The summed E-state index contributed by atoms with van der Waals surface area (Å²) >= 11 is 0. The Labute approximate surface area is 101 Å². The van der Waals surface area contributed by atoms with Gasteiger partial charge in [-0.1, -0.05) is 6.07 Å². The van der Waals surface area contributed by atoms with Crippen LogP contribution in [0.25, 0.3) is 5.65 Å². The highest BCUT2D eigenvalue weighted by Crippen LogP contribution is 2.05. The number of nitrogens with zero attached hydrogens (tertiary/aromatic N) is 2. The van der Waals surface area contributed by atoms with Crippen LogP contribution in [0.4, 0.5) is 0 Å². The number of imidazole rings is 1. The molecule has 0 unspecified atom stereocenters. The van der Waals surface area contributed by atoms with Gasteiger partial charge < -0.3 is 9.14 Å². The molecule has 17 heavy (non-hydrogen) atoms. The van der Waals surface area contributed by atoms with Crippen LogP contribution in [0.1, 0.15) is 25.1 Å². The van der Waals surface area contributed by atoms with Gasteiger partial charge in [0.25, 0.3) is 0 Å². The summed E-state index contributed by atoms with van der Waals surface area (Å²) in [6.45, 7) is 7.73. The third-order valence-corrected chi connectivity index (χ3v) is 2.07. The Morgan fingerprint density at radius 2 is 2.06 bits per heavy atom. The van der Waals surface area contributed by atoms with Crippen LogP contribution in [0.2, 0.25) is 0 Å². The summed E-state index contributed by atoms with van der Waals surface area (Å²) in [4.78, 5) is 14.1. The standard InChI is InChI=1S/C9H10N2.C4H8O2/c1-7-3-4-9-10-8(2)6-11(9)5-7;1-3-6-4(2)5/h3-6H,1-2H3;3H2,1-2H3. The lowest BCUT2D eigenvalue weighted by atomic mass is 10.3. The minimum Gasteiger partial charge on any atom is -0.466 e. The molecule has 2 aromatic rings. The van der Waals surface area contributed by atoms with Crippen LogP contribution >= 0.6 is 0 Å². The summed E-state index contributed by atoms with van der Waals surface area (Å²) in [5.41, 5.74) is 3.35. The van der Waals surface area contributed by atoms with Crippen LogP contribution in [0.5, 0.6) is 0 Å². The molecule has 2 heterocycles. The molecule has 2 rings (SSSR count). The summed E-state index contributed by atoms with van der Waals surface area (Å²) < 4.78 is 6.45. The van der Waals surface area contributed by atoms with E-state index in [1.54, 1.807) is 6.92 Å². The van der Waals surface area contributed by atoms with Crippen molar-refractivity contribution in [2.24, 2.45) is 0 Å². The molecule has 0 atom stereocenters. The van der Waals surface area contributed by atoms with E-state index in [1.807, 2.05) is 23.6 Å². The molecule has 4 heteroatoms. The molecular weight excluding hydrogens is 216 g/mol. The van der Waals surface area contributed by atoms with Crippen LogP contribution in [-0.4, -0.2) is 22.0 Å². The average molecular weight is 234 g/mol. The smallest absolute Gasteiger partial charge is 0.302 e. The first-order chi connectivity index (χ1) is 8.02. The number of aromatic nitrogens is 2. The van der Waals surface area contributed by atoms with Crippen molar-refractivity contribution in [3.05, 3.63) is 35.8 Å². The molecule has 0 saturated carbocycles. The lowest BCUT2D eigenvalue weighted by Crippen LogP contribution is -1.95. The fraction of sp³-hybridized carbons (Fsp3) is 0.385. The summed E-state index contributed by atoms with van der Waals surface area (Å²) in [5, 5.41) is 0. The Kier molecular flexibility index (Phi) is 4.69. The van der Waals surface area contributed by atoms with Crippen LogP contribution in [0.3, 0.4) is 0 Å². The number of ether oxygens (including phenoxy) is 1. The van der Waals surface area contributed by atoms with Crippen molar-refractivity contribution in [1.82, 2.24) is 9.38 Å². The van der Waals surface area contributed by atoms with Gasteiger partial charge in [-0.2, -0.15) is 0 Å². The maximum absolute atomic E-state index is 9.82. The van der Waals surface area contributed by atoms with Gasteiger partial charge in [-0.25, -0.2) is 4.98 Å². The minimum absolute atomic E-state index is 0.211. The third kappa shape index (κ3) is 4.26. The first-order valence-corrected chi connectivity index (χ1v) is 5.58. The molecular formula is C13H18N2O2. The average Bonchev–Trinajstić information content (AvgIpc) is 2.58. The van der Waals surface area contributed by atoms with Gasteiger partial charge in [0.05, 0.1) is 12.3 Å². The Hall–Kier alpha value is -1.84. The van der Waals surface area contributed by atoms with Gasteiger partial charge in [-0.05, 0) is 32.4 Å². The van der Waals surface area contributed by atoms with Crippen LogP contribution in [0, 0.1) is 13.8 Å². The van der Waals surface area contributed by atoms with E-state index in [0.717, 1.165) is 11.3 Å². The van der Waals surface area contributed by atoms with Gasteiger partial charge >= 0.3 is 5.97 Å². The number of pyridine rings is 1. The molecule has 0 aliphatic carbocycles. The van der Waals surface area contributed by atoms with E-state index >= 15 is 0 Å². The van der Waals surface area contributed by atoms with Crippen molar-refractivity contribution in [2.75, 3.05) is 6.61 Å². The highest BCUT2D eigenvalue weighted by molar-refractivity contribution is 5.65. The molecule has 0 amide bonds. The van der Waals surface area contributed by atoms with Crippen LogP contribution in [-0.2, 0) is 9.53 Å². The summed E-state index contributed by atoms with van der Waals surface area (Å²) in [5.74, 6) is -0.211. The summed E-state index contributed by atoms with van der Waals surface area (Å²) in [6, 6.07) is 4.10. The molecule has 0 N–H and O–H groups in total. The molecule has 0 aliphatic heterocycles. The molecule has 0 spiro atoms. The van der Waals surface area contributed by atoms with E-state index in [1.165, 1.54) is 12.5 Å². The monoisotopic (exact) mass is 234 g/mol. The van der Waals surface area contributed by atoms with Gasteiger partial charge in [0.1, 0.15) is 5.65 Å². The molecule has 0 saturated heterocycles. The maximum atomic E-state index is 9.82. The number of carbonyl (C=O) groups is 1. The Bertz CT molecular complexity index is 503. The normalized spacial score (nSPS) is 9.65. The Balaban J connectivity index is 0.000000209. The van der Waals surface area contributed by atoms with Crippen molar-refractivity contribution in [2.45, 2.75) is 27.7 Å². The largest absolute Gasteiger partial charge is 0.466 e. The summed E-state index contributed by atoms with van der Waals surface area (Å²) in [7, 11) is 0. The molecule has 92 valence electrons. The van der Waals surface area contributed by atoms with E-state index in [-0.39, 0.29) is 5.97 Å². The van der Waals surface area contributed by atoms with Gasteiger partial charge in [-0.15, -0.1) is 0 Å². The first kappa shape index (κ1) is 13.2. The van der Waals surface area contributed by atoms with Gasteiger partial charge in [0.15, 0.2) is 0 Å². The van der Waals surface area contributed by atoms with E-state index in [4.69, 9.17) is 0 Å². The minimum atomic E-state index is -0.211. The quantitative estimate of drug-likeness (QED) is 0.712. The van der Waals surface area contributed by atoms with Gasteiger partial charge in [-0.3, -0.25) is 4.79 Å². The van der Waals surface area contributed by atoms with Crippen LogP contribution in [0.15, 0.2) is 24.5 Å². The van der Waals surface area contributed by atoms with Gasteiger partial charge in [0.2, 0.25) is 0 Å². The van der Waals surface area contributed by atoms with E-state index in [9.17, 15) is 4.79 Å². The van der Waals surface area contributed by atoms with Crippen molar-refractivity contribution < 1.29 is 9.53 Å². The molecule has 0 aromatic carbocycles. The number of carbonyl (C=O) groups excluding carboxylic acids is 1. The number of aryl methyl sites for hydroxylation is 2. The zero-order chi connectivity index (χ0) is 12.8. The zero-order valence-electron chi connectivity index (χ0n) is 10.7. The summed E-state index contributed by atoms with van der Waals surface area (Å²) in [6.07, 6.45) is 4.11. The van der Waals surface area contributed by atoms with Crippen molar-refractivity contribution >= 4 is 11.6 Å². The number of rotatable bonds is 1. The molecule has 2 aromatic heterocycles. The highest BCUT2D eigenvalue weighted by Gasteiger charge is 1.94. The Morgan fingerprint density at radius 3 is 2.59 bits per heavy atom. The van der Waals surface area contributed by atoms with Crippen molar-refractivity contribution in [3.8, 4) is 0 Å². The lowest BCUT2D eigenvalue weighted by molar-refractivity contribution is -0.140. The van der Waals surface area contributed by atoms with Crippen molar-refractivity contribution in [3.63, 3.8) is 0 Å². The molecule has 0 bridgehead atoms. The lowest BCUT2D eigenvalue weighted by Gasteiger charge is -1.92. The topological polar surface area (TPSA) is 43.6 Å². The second-order valence-electron chi connectivity index (χ2n) is 3.78.